The van der Waals surface area contributed by atoms with Crippen LogP contribution in [0.3, 0.4) is 0 Å². The van der Waals surface area contributed by atoms with Gasteiger partial charge in [0.05, 0.1) is 13.7 Å². The summed E-state index contributed by atoms with van der Waals surface area (Å²) in [5, 5.41) is 13.5. The third kappa shape index (κ3) is 10.7. The van der Waals surface area contributed by atoms with Gasteiger partial charge in [-0.05, 0) is 67.6 Å². The first-order valence-corrected chi connectivity index (χ1v) is 16.9. The summed E-state index contributed by atoms with van der Waals surface area (Å²) in [6, 6.07) is 15.1. The van der Waals surface area contributed by atoms with Gasteiger partial charge in [0.25, 0.3) is 5.91 Å². The van der Waals surface area contributed by atoms with Crippen molar-refractivity contribution in [3.8, 4) is 17.1 Å². The van der Waals surface area contributed by atoms with Crippen molar-refractivity contribution in [2.75, 3.05) is 27.2 Å². The Kier molecular flexibility index (Phi) is 13.3. The maximum atomic E-state index is 13.7. The van der Waals surface area contributed by atoms with E-state index in [-0.39, 0.29) is 38.1 Å². The first-order chi connectivity index (χ1) is 24.4. The van der Waals surface area contributed by atoms with Gasteiger partial charge in [0.1, 0.15) is 35.7 Å². The van der Waals surface area contributed by atoms with Crippen LogP contribution < -0.4 is 31.3 Å². The maximum absolute atomic E-state index is 13.7. The van der Waals surface area contributed by atoms with Gasteiger partial charge in [-0.25, -0.2) is 0 Å². The van der Waals surface area contributed by atoms with E-state index in [0.29, 0.717) is 17.1 Å². The predicted octanol–water partition coefficient (Wildman–Crippen LogP) is 1.80. The number of ether oxygens (including phenoxy) is 1. The number of furan rings is 1. The Morgan fingerprint density at radius 3 is 2.29 bits per heavy atom. The highest BCUT2D eigenvalue weighted by molar-refractivity contribution is 5.98. The number of benzene rings is 2. The van der Waals surface area contributed by atoms with Crippen LogP contribution >= 0.6 is 0 Å². The monoisotopic (exact) mass is 702 g/mol. The van der Waals surface area contributed by atoms with Crippen molar-refractivity contribution in [1.82, 2.24) is 31.5 Å². The molecule has 2 heterocycles. The number of methoxy groups -OCH3 is 1. The zero-order valence-corrected chi connectivity index (χ0v) is 29.5. The number of amides is 6. The Balaban J connectivity index is 1.53. The standard InChI is InChI=1S/C37H46N6O8/c1-22(2)32-36(48)39-23(3)33(45)41-28(20-24-10-7-6-8-11-24)37(49)43(4)21-31(44)38-19-9-12-27(34(46)42-32)40-35(47)30-18-17-29(51-30)25-13-15-26(50-5)16-14-25/h6-8,10-11,13-18,22-23,27-28,32H,9,12,19-21H2,1-5H3,(H,38,44)(H,39,48)(H,40,47)(H,41,45)(H,42,46)/t23-,27+,28+,32-/m1/s1. The lowest BCUT2D eigenvalue weighted by molar-refractivity contribution is -0.139. The van der Waals surface area contributed by atoms with Gasteiger partial charge in [0, 0.05) is 25.6 Å². The van der Waals surface area contributed by atoms with E-state index in [1.807, 2.05) is 30.3 Å². The van der Waals surface area contributed by atoms with Gasteiger partial charge in [-0.2, -0.15) is 0 Å². The van der Waals surface area contributed by atoms with E-state index in [2.05, 4.69) is 26.6 Å². The van der Waals surface area contributed by atoms with E-state index >= 15 is 0 Å². The summed E-state index contributed by atoms with van der Waals surface area (Å²) in [6.45, 7) is 4.80. The van der Waals surface area contributed by atoms with Crippen molar-refractivity contribution >= 4 is 35.4 Å². The molecule has 6 amide bonds. The Morgan fingerprint density at radius 1 is 0.922 bits per heavy atom. The van der Waals surface area contributed by atoms with Crippen molar-refractivity contribution in [3.63, 3.8) is 0 Å². The molecule has 5 N–H and O–H groups in total. The average Bonchev–Trinajstić information content (AvgIpc) is 3.61. The number of nitrogens with zero attached hydrogens (tertiary/aromatic N) is 1. The van der Waals surface area contributed by atoms with E-state index in [1.165, 1.54) is 24.9 Å². The van der Waals surface area contributed by atoms with Crippen LogP contribution in [0, 0.1) is 5.92 Å². The fourth-order valence-corrected chi connectivity index (χ4v) is 5.52. The zero-order valence-electron chi connectivity index (χ0n) is 29.5. The molecule has 1 saturated heterocycles. The molecule has 0 aliphatic carbocycles. The molecule has 272 valence electrons. The molecule has 1 fully saturated rings. The number of hydrogen-bond donors (Lipinski definition) is 5. The summed E-state index contributed by atoms with van der Waals surface area (Å²) < 4.78 is 11.0. The first-order valence-electron chi connectivity index (χ1n) is 16.9. The summed E-state index contributed by atoms with van der Waals surface area (Å²) in [6.07, 6.45) is 0.541. The maximum Gasteiger partial charge on any atom is 0.287 e. The summed E-state index contributed by atoms with van der Waals surface area (Å²) in [5.74, 6) is -2.77. The van der Waals surface area contributed by atoms with Crippen LogP contribution in [0.2, 0.25) is 0 Å². The Hall–Kier alpha value is -5.66. The Bertz CT molecular complexity index is 1690. The van der Waals surface area contributed by atoms with E-state index in [1.54, 1.807) is 51.3 Å². The van der Waals surface area contributed by atoms with Crippen LogP contribution in [0.25, 0.3) is 11.3 Å². The van der Waals surface area contributed by atoms with Gasteiger partial charge in [-0.3, -0.25) is 28.8 Å². The molecular weight excluding hydrogens is 656 g/mol. The topological polar surface area (TPSA) is 188 Å². The molecule has 1 aliphatic rings. The molecule has 0 bridgehead atoms. The molecule has 0 saturated carbocycles. The molecule has 4 atom stereocenters. The summed E-state index contributed by atoms with van der Waals surface area (Å²) >= 11 is 0. The minimum atomic E-state index is -1.11. The second kappa shape index (κ2) is 17.8. The molecule has 51 heavy (non-hydrogen) atoms. The lowest BCUT2D eigenvalue weighted by Crippen LogP contribution is -2.59. The molecule has 4 rings (SSSR count). The summed E-state index contributed by atoms with van der Waals surface area (Å²) in [5.41, 5.74) is 1.51. The molecule has 0 radical (unpaired) electrons. The van der Waals surface area contributed by atoms with E-state index in [4.69, 9.17) is 9.15 Å². The molecule has 14 heteroatoms. The highest BCUT2D eigenvalue weighted by atomic mass is 16.5. The van der Waals surface area contributed by atoms with E-state index in [9.17, 15) is 28.8 Å². The number of rotatable bonds is 7. The fourth-order valence-electron chi connectivity index (χ4n) is 5.52. The molecule has 2 aromatic carbocycles. The van der Waals surface area contributed by atoms with E-state index < -0.39 is 65.5 Å². The van der Waals surface area contributed by atoms with Crippen molar-refractivity contribution in [3.05, 3.63) is 78.1 Å². The smallest absolute Gasteiger partial charge is 0.287 e. The first kappa shape index (κ1) is 38.1. The number of carbonyl (C=O) groups is 6. The Labute approximate surface area is 297 Å². The quantitative estimate of drug-likeness (QED) is 0.247. The van der Waals surface area contributed by atoms with Gasteiger partial charge in [0.2, 0.25) is 29.5 Å². The minimum absolute atomic E-state index is 0.0300. The van der Waals surface area contributed by atoms with Gasteiger partial charge in [-0.15, -0.1) is 0 Å². The summed E-state index contributed by atoms with van der Waals surface area (Å²) in [7, 11) is 3.02. The van der Waals surface area contributed by atoms with Gasteiger partial charge in [0.15, 0.2) is 5.76 Å². The molecule has 0 spiro atoms. The van der Waals surface area contributed by atoms with Gasteiger partial charge in [-0.1, -0.05) is 44.2 Å². The second-order valence-electron chi connectivity index (χ2n) is 12.8. The predicted molar refractivity (Wildman–Crippen MR) is 188 cm³/mol. The molecule has 3 aromatic rings. The van der Waals surface area contributed by atoms with Crippen LogP contribution in [0.15, 0.2) is 71.1 Å². The number of nitrogens with one attached hydrogen (secondary N) is 5. The van der Waals surface area contributed by atoms with Crippen molar-refractivity contribution < 1.29 is 37.9 Å². The third-order valence-electron chi connectivity index (χ3n) is 8.47. The van der Waals surface area contributed by atoms with Crippen molar-refractivity contribution in [1.29, 1.82) is 0 Å². The fraction of sp³-hybridized carbons (Fsp3) is 0.405. The van der Waals surface area contributed by atoms with Crippen LogP contribution in [0.4, 0.5) is 0 Å². The molecular formula is C37H46N6O8. The molecule has 1 aromatic heterocycles. The zero-order chi connectivity index (χ0) is 37.1. The highest BCUT2D eigenvalue weighted by Crippen LogP contribution is 2.24. The average molecular weight is 703 g/mol. The van der Waals surface area contributed by atoms with Crippen LogP contribution in [-0.2, 0) is 30.4 Å². The van der Waals surface area contributed by atoms with Gasteiger partial charge >= 0.3 is 0 Å². The van der Waals surface area contributed by atoms with Gasteiger partial charge < -0.3 is 40.6 Å². The van der Waals surface area contributed by atoms with Crippen molar-refractivity contribution in [2.24, 2.45) is 5.92 Å². The normalized spacial score (nSPS) is 21.5. The summed E-state index contributed by atoms with van der Waals surface area (Å²) in [4.78, 5) is 81.3. The Morgan fingerprint density at radius 2 is 1.63 bits per heavy atom. The molecule has 0 unspecified atom stereocenters. The SMILES string of the molecule is COc1ccc(-c2ccc(C(=O)N[C@H]3CCCNC(=O)CN(C)C(=O)[C@H](Cc4ccccc4)NC(=O)[C@@H](C)NC(=O)[C@@H](C(C)C)NC3=O)o2)cc1. The number of carbonyl (C=O) groups excluding carboxylic acids is 6. The highest BCUT2D eigenvalue weighted by Gasteiger charge is 2.33. The largest absolute Gasteiger partial charge is 0.497 e. The second-order valence-corrected chi connectivity index (χ2v) is 12.8. The van der Waals surface area contributed by atoms with E-state index in [0.717, 1.165) is 5.56 Å². The lowest BCUT2D eigenvalue weighted by Gasteiger charge is -2.28. The number of likely N-dealkylation sites (N-methyl/N-ethyl adjacent to an activating group) is 1. The third-order valence-corrected chi connectivity index (χ3v) is 8.47. The molecule has 1 aliphatic heterocycles. The van der Waals surface area contributed by atoms with Crippen LogP contribution in [0.5, 0.6) is 5.75 Å². The molecule has 14 nitrogen and oxygen atoms in total. The van der Waals surface area contributed by atoms with Crippen molar-refractivity contribution in [2.45, 2.75) is 64.2 Å². The van der Waals surface area contributed by atoms with Crippen LogP contribution in [-0.4, -0.2) is 91.8 Å². The lowest BCUT2D eigenvalue weighted by atomic mass is 10.0. The van der Waals surface area contributed by atoms with Crippen LogP contribution in [0.1, 0.15) is 49.7 Å². The minimum Gasteiger partial charge on any atom is -0.497 e. The number of hydrogen-bond acceptors (Lipinski definition) is 8.